The van der Waals surface area contributed by atoms with E-state index in [9.17, 15) is 24.9 Å². The minimum Gasteiger partial charge on any atom is -0.493 e. The Hall–Kier alpha value is -2.09. The average molecular weight is 747 g/mol. The molecule has 9 nitrogen and oxygen atoms in total. The maximum atomic E-state index is 14.0. The van der Waals surface area contributed by atoms with Crippen LogP contribution in [0, 0.1) is 9.49 Å². The van der Waals surface area contributed by atoms with Crippen LogP contribution < -0.4 is 14.8 Å². The lowest BCUT2D eigenvalue weighted by atomic mass is 9.87. The number of benzene rings is 2. The molecule has 1 saturated carbocycles. The Morgan fingerprint density at radius 1 is 1.09 bits per heavy atom. The molecule has 0 aliphatic heterocycles. The van der Waals surface area contributed by atoms with Crippen LogP contribution in [0.2, 0.25) is 10.0 Å². The Morgan fingerprint density at radius 2 is 1.84 bits per heavy atom. The molecule has 4 N–H and O–H groups in total. The third kappa shape index (κ3) is 8.55. The molecule has 2 aromatic rings. The van der Waals surface area contributed by atoms with Crippen LogP contribution in [0.25, 0.3) is 0 Å². The summed E-state index contributed by atoms with van der Waals surface area (Å²) in [5.41, 5.74) is 1.68. The fourth-order valence-corrected chi connectivity index (χ4v) is 6.81. The van der Waals surface area contributed by atoms with E-state index >= 15 is 0 Å². The molecular weight excluding hydrogens is 710 g/mol. The van der Waals surface area contributed by atoms with Gasteiger partial charge in [-0.1, -0.05) is 42.1 Å². The molecule has 2 aromatic carbocycles. The summed E-state index contributed by atoms with van der Waals surface area (Å²) in [6.07, 6.45) is 3.86. The molecule has 43 heavy (non-hydrogen) atoms. The third-order valence-corrected chi connectivity index (χ3v) is 9.48. The molecule has 12 heteroatoms. The highest BCUT2D eigenvalue weighted by atomic mass is 127. The monoisotopic (exact) mass is 746 g/mol. The molecule has 0 spiro atoms. The lowest BCUT2D eigenvalue weighted by Crippen LogP contribution is -2.55. The van der Waals surface area contributed by atoms with Crippen LogP contribution in [0.3, 0.4) is 0 Å². The minimum absolute atomic E-state index is 0.0524. The van der Waals surface area contributed by atoms with Crippen LogP contribution in [-0.4, -0.2) is 70.5 Å². The first-order valence-electron chi connectivity index (χ1n) is 14.3. The molecule has 2 aliphatic rings. The standard InChI is InChI=1S/C31H37Cl2IN2O7/c1-42-27-12-20(17-38)11-24(34)30(27)43-26-15-21(31(41)35-8-9-37)14-25(29(26)40)36(28(39)13-18-4-2-3-5-18)16-19-6-7-22(32)23(33)10-19/h6-7,10-12,15,18,25-26,29,37-38,40H,2-5,8-9,13-14,16-17H2,1H3,(H,35,41)/t25-,26+,29+/m1/s1. The van der Waals surface area contributed by atoms with Crippen LogP contribution in [-0.2, 0) is 22.7 Å². The first-order chi connectivity index (χ1) is 20.6. The van der Waals surface area contributed by atoms with Gasteiger partial charge in [0.15, 0.2) is 11.5 Å². The summed E-state index contributed by atoms with van der Waals surface area (Å²) in [6.45, 7) is -0.227. The number of aliphatic hydroxyl groups is 3. The van der Waals surface area contributed by atoms with Crippen molar-refractivity contribution >= 4 is 57.6 Å². The Labute approximate surface area is 275 Å². The fourth-order valence-electron chi connectivity index (χ4n) is 5.70. The van der Waals surface area contributed by atoms with Gasteiger partial charge in [-0.25, -0.2) is 0 Å². The summed E-state index contributed by atoms with van der Waals surface area (Å²) in [5.74, 6) is 0.404. The Balaban J connectivity index is 1.72. The van der Waals surface area contributed by atoms with E-state index in [-0.39, 0.29) is 44.5 Å². The molecule has 0 heterocycles. The number of aliphatic hydroxyl groups excluding tert-OH is 3. The average Bonchev–Trinajstić information content (AvgIpc) is 3.51. The maximum absolute atomic E-state index is 14.0. The molecular formula is C31H37Cl2IN2O7. The number of nitrogens with one attached hydrogen (secondary N) is 1. The number of halogens is 3. The van der Waals surface area contributed by atoms with E-state index < -0.39 is 24.2 Å². The van der Waals surface area contributed by atoms with Gasteiger partial charge in [0.25, 0.3) is 0 Å². The molecule has 234 valence electrons. The van der Waals surface area contributed by atoms with Crippen molar-refractivity contribution < 1.29 is 34.4 Å². The van der Waals surface area contributed by atoms with E-state index in [1.807, 2.05) is 0 Å². The summed E-state index contributed by atoms with van der Waals surface area (Å²) in [4.78, 5) is 28.8. The summed E-state index contributed by atoms with van der Waals surface area (Å²) < 4.78 is 12.5. The molecule has 0 radical (unpaired) electrons. The molecule has 0 unspecified atom stereocenters. The number of hydrogen-bond donors (Lipinski definition) is 4. The van der Waals surface area contributed by atoms with E-state index in [4.69, 9.17) is 32.7 Å². The van der Waals surface area contributed by atoms with Crippen LogP contribution in [0.1, 0.15) is 49.7 Å². The zero-order valence-corrected chi connectivity index (χ0v) is 27.6. The van der Waals surface area contributed by atoms with Crippen molar-refractivity contribution in [1.29, 1.82) is 0 Å². The van der Waals surface area contributed by atoms with Crippen molar-refractivity contribution in [1.82, 2.24) is 10.2 Å². The third-order valence-electron chi connectivity index (χ3n) is 7.94. The number of hydrogen-bond acceptors (Lipinski definition) is 7. The van der Waals surface area contributed by atoms with E-state index in [2.05, 4.69) is 27.9 Å². The number of rotatable bonds is 12. The first kappa shape index (κ1) is 33.8. The van der Waals surface area contributed by atoms with Crippen molar-refractivity contribution in [3.63, 3.8) is 0 Å². The molecule has 4 rings (SSSR count). The Kier molecular flexibility index (Phi) is 12.4. The minimum atomic E-state index is -1.21. The van der Waals surface area contributed by atoms with Crippen molar-refractivity contribution in [3.8, 4) is 11.5 Å². The van der Waals surface area contributed by atoms with Crippen molar-refractivity contribution in [2.24, 2.45) is 5.92 Å². The molecule has 0 saturated heterocycles. The number of ether oxygens (including phenoxy) is 2. The highest BCUT2D eigenvalue weighted by Gasteiger charge is 2.41. The second-order valence-corrected chi connectivity index (χ2v) is 12.9. The molecule has 1 fully saturated rings. The summed E-state index contributed by atoms with van der Waals surface area (Å²) in [6, 6.07) is 7.72. The normalized spacial score (nSPS) is 20.4. The van der Waals surface area contributed by atoms with Gasteiger partial charge < -0.3 is 35.0 Å². The summed E-state index contributed by atoms with van der Waals surface area (Å²) in [5, 5.41) is 34.2. The second-order valence-electron chi connectivity index (χ2n) is 10.9. The van der Waals surface area contributed by atoms with Crippen molar-refractivity contribution in [3.05, 3.63) is 66.7 Å². The van der Waals surface area contributed by atoms with Crippen molar-refractivity contribution in [2.75, 3.05) is 20.3 Å². The van der Waals surface area contributed by atoms with Gasteiger partial charge in [0.1, 0.15) is 12.2 Å². The highest BCUT2D eigenvalue weighted by Crippen LogP contribution is 2.38. The van der Waals surface area contributed by atoms with Gasteiger partial charge in [-0.3, -0.25) is 9.59 Å². The van der Waals surface area contributed by atoms with Crippen LogP contribution >= 0.6 is 45.8 Å². The smallest absolute Gasteiger partial charge is 0.247 e. The number of nitrogens with zero attached hydrogens (tertiary/aromatic N) is 1. The highest BCUT2D eigenvalue weighted by molar-refractivity contribution is 14.1. The second kappa shape index (κ2) is 15.8. The van der Waals surface area contributed by atoms with E-state index in [1.54, 1.807) is 41.3 Å². The van der Waals surface area contributed by atoms with Gasteiger partial charge >= 0.3 is 0 Å². The molecule has 2 aliphatic carbocycles. The number of amides is 2. The Morgan fingerprint density at radius 3 is 2.49 bits per heavy atom. The summed E-state index contributed by atoms with van der Waals surface area (Å²) >= 11 is 14.5. The topological polar surface area (TPSA) is 129 Å². The van der Waals surface area contributed by atoms with Gasteiger partial charge in [0.05, 0.1) is 40.0 Å². The zero-order chi connectivity index (χ0) is 31.1. The van der Waals surface area contributed by atoms with Crippen LogP contribution in [0.5, 0.6) is 11.5 Å². The fraction of sp³-hybridized carbons (Fsp3) is 0.484. The lowest BCUT2D eigenvalue weighted by Gasteiger charge is -2.41. The molecule has 2 amide bonds. The first-order valence-corrected chi connectivity index (χ1v) is 16.1. The Bertz CT molecular complexity index is 1340. The molecule has 3 atom stereocenters. The van der Waals surface area contributed by atoms with Gasteiger partial charge in [-0.05, 0) is 82.8 Å². The molecule has 0 bridgehead atoms. The molecule has 0 aromatic heterocycles. The predicted octanol–water partition coefficient (Wildman–Crippen LogP) is 4.62. The number of carbonyl (C=O) groups excluding carboxylic acids is 2. The zero-order valence-electron chi connectivity index (χ0n) is 23.9. The van der Waals surface area contributed by atoms with E-state index in [0.717, 1.165) is 31.2 Å². The van der Waals surface area contributed by atoms with Gasteiger partial charge in [-0.2, -0.15) is 0 Å². The van der Waals surface area contributed by atoms with Gasteiger partial charge in [-0.15, -0.1) is 0 Å². The quantitative estimate of drug-likeness (QED) is 0.234. The van der Waals surface area contributed by atoms with E-state index in [1.165, 1.54) is 7.11 Å². The van der Waals surface area contributed by atoms with Crippen LogP contribution in [0.15, 0.2) is 42.0 Å². The lowest BCUT2D eigenvalue weighted by molar-refractivity contribution is -0.140. The predicted molar refractivity (Wildman–Crippen MR) is 172 cm³/mol. The SMILES string of the molecule is COc1cc(CO)cc(I)c1O[C@H]1C=C(C(=O)NCCO)C[C@@H](N(Cc2ccc(Cl)c(Cl)c2)C(=O)CC2CCCC2)[C@@H]1O. The number of methoxy groups -OCH3 is 1. The summed E-state index contributed by atoms with van der Waals surface area (Å²) in [7, 11) is 1.48. The van der Waals surface area contributed by atoms with Gasteiger partial charge in [0.2, 0.25) is 11.8 Å². The van der Waals surface area contributed by atoms with Crippen molar-refractivity contribution in [2.45, 2.75) is 69.9 Å². The largest absolute Gasteiger partial charge is 0.493 e. The van der Waals surface area contributed by atoms with Crippen LogP contribution in [0.4, 0.5) is 0 Å². The van der Waals surface area contributed by atoms with E-state index in [0.29, 0.717) is 42.7 Å². The number of carbonyl (C=O) groups is 2. The van der Waals surface area contributed by atoms with Gasteiger partial charge in [0, 0.05) is 31.5 Å². The maximum Gasteiger partial charge on any atom is 0.247 e.